The van der Waals surface area contributed by atoms with Crippen LogP contribution in [0.4, 0.5) is 36.4 Å². The Morgan fingerprint density at radius 1 is 1.10 bits per heavy atom. The molecule has 21 heteroatoms. The van der Waals surface area contributed by atoms with Crippen LogP contribution >= 0.6 is 11.6 Å². The maximum absolute atomic E-state index is 14.2. The molecular weight excluding hydrogens is 707 g/mol. The van der Waals surface area contributed by atoms with Crippen molar-refractivity contribution in [3.05, 3.63) is 81.8 Å². The largest absolute Gasteiger partial charge is 0.467 e. The van der Waals surface area contributed by atoms with Crippen LogP contribution in [0.25, 0.3) is 5.82 Å². The van der Waals surface area contributed by atoms with Gasteiger partial charge < -0.3 is 15.0 Å². The van der Waals surface area contributed by atoms with Crippen molar-refractivity contribution in [2.45, 2.75) is 44.5 Å². The summed E-state index contributed by atoms with van der Waals surface area (Å²) in [6, 6.07) is 7.30. The number of rotatable bonds is 10. The maximum atomic E-state index is 14.2. The molecule has 3 heterocycles. The third-order valence-corrected chi connectivity index (χ3v) is 7.50. The van der Waals surface area contributed by atoms with Crippen LogP contribution in [0.5, 0.6) is 0 Å². The number of nitriles is 1. The van der Waals surface area contributed by atoms with Gasteiger partial charge in [0.15, 0.2) is 5.82 Å². The SMILES string of the molecule is COC(=O)C(C)N(C)C(=O)c1cc(C#N)cc(C)c1NC(=O)c1cc(Cn2cnc(C(F)(F)C(F)(F)C(F)(F)F)n2)nn1-c1ncccc1Cl. The molecule has 0 aliphatic rings. The summed E-state index contributed by atoms with van der Waals surface area (Å²) in [5.41, 5.74) is -0.512. The first kappa shape index (κ1) is 37.2. The van der Waals surface area contributed by atoms with Gasteiger partial charge >= 0.3 is 24.0 Å². The zero-order chi connectivity index (χ0) is 37.3. The lowest BCUT2D eigenvalue weighted by molar-refractivity contribution is -0.361. The average molecular weight is 730 g/mol. The van der Waals surface area contributed by atoms with Crippen LogP contribution in [0.1, 0.15) is 50.4 Å². The van der Waals surface area contributed by atoms with Crippen molar-refractivity contribution in [3.8, 4) is 11.9 Å². The summed E-state index contributed by atoms with van der Waals surface area (Å²) in [6.07, 6.45) is -4.86. The summed E-state index contributed by atoms with van der Waals surface area (Å²) in [7, 11) is 2.42. The fourth-order valence-corrected chi connectivity index (χ4v) is 4.62. The summed E-state index contributed by atoms with van der Waals surface area (Å²) >= 11 is 6.28. The molecule has 4 aromatic rings. The fourth-order valence-electron chi connectivity index (χ4n) is 4.42. The van der Waals surface area contributed by atoms with Gasteiger partial charge in [-0.15, -0.1) is 5.10 Å². The quantitative estimate of drug-likeness (QED) is 0.177. The molecule has 0 radical (unpaired) electrons. The van der Waals surface area contributed by atoms with E-state index in [0.29, 0.717) is 11.0 Å². The first-order valence-electron chi connectivity index (χ1n) is 13.9. The van der Waals surface area contributed by atoms with E-state index in [1.165, 1.54) is 51.4 Å². The van der Waals surface area contributed by atoms with Gasteiger partial charge in [0.1, 0.15) is 18.1 Å². The van der Waals surface area contributed by atoms with Crippen LogP contribution in [-0.4, -0.2) is 84.5 Å². The summed E-state index contributed by atoms with van der Waals surface area (Å²) in [5.74, 6) is -17.1. The highest BCUT2D eigenvalue weighted by Gasteiger charge is 2.75. The Kier molecular flexibility index (Phi) is 10.2. The number of amides is 2. The number of ether oxygens (including phenoxy) is 1. The summed E-state index contributed by atoms with van der Waals surface area (Å²) in [5, 5.41) is 19.3. The second kappa shape index (κ2) is 13.7. The van der Waals surface area contributed by atoms with Crippen LogP contribution in [0.15, 0.2) is 42.9 Å². The lowest BCUT2D eigenvalue weighted by atomic mass is 10.0. The van der Waals surface area contributed by atoms with Crippen molar-refractivity contribution in [3.63, 3.8) is 0 Å². The normalized spacial score (nSPS) is 12.6. The minimum Gasteiger partial charge on any atom is -0.467 e. The molecule has 0 saturated carbocycles. The van der Waals surface area contributed by atoms with Crippen molar-refractivity contribution in [2.75, 3.05) is 19.5 Å². The average Bonchev–Trinajstić information content (AvgIpc) is 3.71. The summed E-state index contributed by atoms with van der Waals surface area (Å²) < 4.78 is 99.6. The number of alkyl halides is 7. The summed E-state index contributed by atoms with van der Waals surface area (Å²) in [6.45, 7) is 2.20. The van der Waals surface area contributed by atoms with E-state index in [2.05, 4.69) is 30.2 Å². The number of nitrogens with zero attached hydrogens (tertiary/aromatic N) is 8. The third-order valence-electron chi connectivity index (χ3n) is 7.20. The van der Waals surface area contributed by atoms with E-state index in [9.17, 15) is 50.4 Å². The number of anilines is 1. The van der Waals surface area contributed by atoms with Crippen LogP contribution in [-0.2, 0) is 22.0 Å². The lowest BCUT2D eigenvalue weighted by Gasteiger charge is -2.25. The molecule has 0 bridgehead atoms. The number of nitrogens with one attached hydrogen (secondary N) is 1. The van der Waals surface area contributed by atoms with Gasteiger partial charge in [-0.3, -0.25) is 9.59 Å². The predicted molar refractivity (Wildman–Crippen MR) is 158 cm³/mol. The number of carbonyl (C=O) groups is 3. The van der Waals surface area contributed by atoms with Crippen molar-refractivity contribution < 1.29 is 49.9 Å². The molecule has 3 aromatic heterocycles. The molecule has 1 N–H and O–H groups in total. The lowest BCUT2D eigenvalue weighted by Crippen LogP contribution is -2.50. The molecule has 1 unspecified atom stereocenters. The van der Waals surface area contributed by atoms with Gasteiger partial charge in [0.2, 0.25) is 5.82 Å². The fraction of sp³-hybridized carbons (Fsp3) is 0.310. The Labute approximate surface area is 282 Å². The van der Waals surface area contributed by atoms with Crippen LogP contribution in [0.2, 0.25) is 5.02 Å². The maximum Gasteiger partial charge on any atom is 0.460 e. The molecule has 0 fully saturated rings. The van der Waals surface area contributed by atoms with Crippen molar-refractivity contribution in [2.24, 2.45) is 0 Å². The predicted octanol–water partition coefficient (Wildman–Crippen LogP) is 4.92. The van der Waals surface area contributed by atoms with E-state index < -0.39 is 54.2 Å². The molecule has 1 atom stereocenters. The molecule has 50 heavy (non-hydrogen) atoms. The minimum absolute atomic E-state index is 0.0305. The molecule has 264 valence electrons. The second-order valence-corrected chi connectivity index (χ2v) is 11.0. The first-order chi connectivity index (χ1) is 23.2. The van der Waals surface area contributed by atoms with E-state index in [1.54, 1.807) is 0 Å². The number of aromatic nitrogens is 6. The monoisotopic (exact) mass is 729 g/mol. The van der Waals surface area contributed by atoms with Gasteiger partial charge in [0.25, 0.3) is 11.8 Å². The molecule has 4 rings (SSSR count). The molecule has 0 saturated heterocycles. The number of pyridine rings is 1. The highest BCUT2D eigenvalue weighted by Crippen LogP contribution is 2.50. The zero-order valence-corrected chi connectivity index (χ0v) is 26.8. The molecule has 13 nitrogen and oxygen atoms in total. The number of hydrogen-bond donors (Lipinski definition) is 1. The van der Waals surface area contributed by atoms with E-state index in [-0.39, 0.29) is 44.6 Å². The molecule has 0 aliphatic heterocycles. The van der Waals surface area contributed by atoms with Crippen LogP contribution in [0.3, 0.4) is 0 Å². The zero-order valence-electron chi connectivity index (χ0n) is 26.1. The van der Waals surface area contributed by atoms with Gasteiger partial charge in [0.05, 0.1) is 47.3 Å². The number of methoxy groups -OCH3 is 1. The topological polar surface area (TPSA) is 161 Å². The standard InChI is InChI=1S/C29H23ClF7N9O4/c1-14-8-16(11-38)9-18(24(48)44(3)15(2)25(49)50-4)21(14)41-23(47)20-10-17(42-46(20)22-19(30)6-5-7-39-22)12-45-13-40-26(43-45)27(31,32)28(33,34)29(35,36)37/h5-10,13,15H,12H2,1-4H3,(H,41,47). The van der Waals surface area contributed by atoms with E-state index >= 15 is 0 Å². The van der Waals surface area contributed by atoms with E-state index in [0.717, 1.165) is 22.8 Å². The Hall–Kier alpha value is -5.58. The number of benzene rings is 1. The highest BCUT2D eigenvalue weighted by molar-refractivity contribution is 6.32. The molecular formula is C29H23ClF7N9O4. The highest BCUT2D eigenvalue weighted by atomic mass is 35.5. The van der Waals surface area contributed by atoms with Gasteiger partial charge in [-0.2, -0.15) is 41.1 Å². The first-order valence-corrected chi connectivity index (χ1v) is 14.3. The minimum atomic E-state index is -6.61. The van der Waals surface area contributed by atoms with E-state index in [4.69, 9.17) is 11.6 Å². The number of likely N-dealkylation sites (N-methyl/N-ethyl adjacent to an activating group) is 1. The smallest absolute Gasteiger partial charge is 0.460 e. The second-order valence-electron chi connectivity index (χ2n) is 10.6. The van der Waals surface area contributed by atoms with Gasteiger partial charge in [0, 0.05) is 13.2 Å². The Morgan fingerprint density at radius 3 is 2.38 bits per heavy atom. The molecule has 0 spiro atoms. The number of aryl methyl sites for hydroxylation is 1. The number of halogens is 8. The molecule has 2 amide bonds. The number of hydrogen-bond acceptors (Lipinski definition) is 9. The van der Waals surface area contributed by atoms with E-state index in [1.807, 2.05) is 6.07 Å². The third kappa shape index (κ3) is 6.94. The van der Waals surface area contributed by atoms with Crippen LogP contribution < -0.4 is 5.32 Å². The van der Waals surface area contributed by atoms with Crippen molar-refractivity contribution in [1.29, 1.82) is 5.26 Å². The van der Waals surface area contributed by atoms with Gasteiger partial charge in [-0.1, -0.05) is 11.6 Å². The van der Waals surface area contributed by atoms with Crippen molar-refractivity contribution in [1.82, 2.24) is 34.4 Å². The number of carbonyl (C=O) groups excluding carboxylic acids is 3. The molecule has 1 aromatic carbocycles. The van der Waals surface area contributed by atoms with Crippen LogP contribution in [0, 0.1) is 18.3 Å². The Balaban J connectivity index is 1.76. The Morgan fingerprint density at radius 2 is 1.78 bits per heavy atom. The van der Waals surface area contributed by atoms with Crippen molar-refractivity contribution >= 4 is 35.1 Å². The molecule has 0 aliphatic carbocycles. The van der Waals surface area contributed by atoms with Gasteiger partial charge in [-0.25, -0.2) is 24.1 Å². The number of esters is 1. The Bertz CT molecular complexity index is 2010. The van der Waals surface area contributed by atoms with Gasteiger partial charge in [-0.05, 0) is 49.7 Å². The summed E-state index contributed by atoms with van der Waals surface area (Å²) in [4.78, 5) is 47.5.